The van der Waals surface area contributed by atoms with Crippen molar-refractivity contribution in [2.24, 2.45) is 4.99 Å². The summed E-state index contributed by atoms with van der Waals surface area (Å²) >= 11 is 1.35. The van der Waals surface area contributed by atoms with Crippen LogP contribution >= 0.6 is 35.3 Å². The Balaban J connectivity index is 0.00000341. The summed E-state index contributed by atoms with van der Waals surface area (Å²) in [5.74, 6) is 1.34. The average molecular weight is 556 g/mol. The molecule has 3 aromatic rings. The number of aliphatic imine (C=N–C) groups is 1. The van der Waals surface area contributed by atoms with Crippen molar-refractivity contribution in [1.29, 1.82) is 0 Å². The van der Waals surface area contributed by atoms with Crippen LogP contribution < -0.4 is 10.6 Å². The highest BCUT2D eigenvalue weighted by Crippen LogP contribution is 2.24. The molecular formula is C21H29IN6O2S. The van der Waals surface area contributed by atoms with Crippen LogP contribution in [-0.4, -0.2) is 46.7 Å². The summed E-state index contributed by atoms with van der Waals surface area (Å²) in [5.41, 5.74) is 2.81. The fourth-order valence-corrected chi connectivity index (χ4v) is 4.18. The average Bonchev–Trinajstić information content (AvgIpc) is 3.27. The molecule has 1 aromatic carbocycles. The van der Waals surface area contributed by atoms with Crippen molar-refractivity contribution in [2.45, 2.75) is 40.3 Å². The van der Waals surface area contributed by atoms with Crippen molar-refractivity contribution in [3.63, 3.8) is 0 Å². The fourth-order valence-electron chi connectivity index (χ4n) is 3.21. The maximum atomic E-state index is 12.0. The van der Waals surface area contributed by atoms with Gasteiger partial charge in [0.25, 0.3) is 0 Å². The predicted molar refractivity (Wildman–Crippen MR) is 136 cm³/mol. The van der Waals surface area contributed by atoms with E-state index in [4.69, 9.17) is 4.74 Å². The Morgan fingerprint density at radius 1 is 1.29 bits per heavy atom. The van der Waals surface area contributed by atoms with Gasteiger partial charge in [-0.1, -0.05) is 12.1 Å². The summed E-state index contributed by atoms with van der Waals surface area (Å²) in [5, 5.41) is 7.49. The van der Waals surface area contributed by atoms with Crippen molar-refractivity contribution in [2.75, 3.05) is 20.2 Å². The maximum Gasteiger partial charge on any atom is 0.350 e. The van der Waals surface area contributed by atoms with Gasteiger partial charge in [-0.3, -0.25) is 4.99 Å². The second-order valence-electron chi connectivity index (χ2n) is 6.85. The smallest absolute Gasteiger partial charge is 0.350 e. The SMILES string of the molecule is CCOC(=O)c1sc(C(C)NC(=NC)NCCn2c(C)nc3ccccc32)nc1C.I. The maximum absolute atomic E-state index is 12.0. The minimum absolute atomic E-state index is 0. The molecular weight excluding hydrogens is 527 g/mol. The third kappa shape index (κ3) is 5.94. The summed E-state index contributed by atoms with van der Waals surface area (Å²) in [6.07, 6.45) is 0. The molecule has 0 bridgehead atoms. The number of halogens is 1. The number of benzene rings is 1. The van der Waals surface area contributed by atoms with Gasteiger partial charge in [0.05, 0.1) is 29.4 Å². The molecule has 1 unspecified atom stereocenters. The highest BCUT2D eigenvalue weighted by molar-refractivity contribution is 14.0. The molecule has 0 saturated carbocycles. The highest BCUT2D eigenvalue weighted by Gasteiger charge is 2.20. The van der Waals surface area contributed by atoms with Crippen molar-refractivity contribution in [3.8, 4) is 0 Å². The molecule has 2 aromatic heterocycles. The molecule has 0 spiro atoms. The standard InChI is InChI=1S/C21H28N6O2S.HI/c1-6-29-20(28)18-13(2)24-19(30-18)14(3)25-21(22-5)23-11-12-27-15(4)26-16-9-7-8-10-17(16)27;/h7-10,14H,6,11-12H2,1-5H3,(H2,22,23,25);1H. The van der Waals surface area contributed by atoms with Gasteiger partial charge in [0.15, 0.2) is 5.96 Å². The van der Waals surface area contributed by atoms with E-state index in [2.05, 4.69) is 36.2 Å². The number of hydrogen-bond donors (Lipinski definition) is 2. The van der Waals surface area contributed by atoms with E-state index in [1.807, 2.05) is 39.0 Å². The number of carbonyl (C=O) groups is 1. The zero-order valence-electron chi connectivity index (χ0n) is 18.4. The Kier molecular flexibility index (Phi) is 9.23. The largest absolute Gasteiger partial charge is 0.462 e. The van der Waals surface area contributed by atoms with Crippen LogP contribution in [0.2, 0.25) is 0 Å². The van der Waals surface area contributed by atoms with E-state index in [1.54, 1.807) is 14.0 Å². The molecule has 1 atom stereocenters. The van der Waals surface area contributed by atoms with Crippen LogP contribution in [0.25, 0.3) is 11.0 Å². The van der Waals surface area contributed by atoms with Gasteiger partial charge in [0, 0.05) is 20.1 Å². The Morgan fingerprint density at radius 2 is 2.03 bits per heavy atom. The molecule has 0 fully saturated rings. The van der Waals surface area contributed by atoms with E-state index in [-0.39, 0.29) is 36.0 Å². The highest BCUT2D eigenvalue weighted by atomic mass is 127. The Labute approximate surface area is 203 Å². The molecule has 0 aliphatic carbocycles. The summed E-state index contributed by atoms with van der Waals surface area (Å²) in [4.78, 5) is 26.0. The molecule has 0 radical (unpaired) electrons. The lowest BCUT2D eigenvalue weighted by Crippen LogP contribution is -2.40. The van der Waals surface area contributed by atoms with E-state index in [1.165, 1.54) is 11.3 Å². The number of nitrogens with one attached hydrogen (secondary N) is 2. The van der Waals surface area contributed by atoms with Gasteiger partial charge in [0.1, 0.15) is 15.7 Å². The van der Waals surface area contributed by atoms with Crippen molar-refractivity contribution >= 4 is 58.3 Å². The number of thiazole rings is 1. The lowest BCUT2D eigenvalue weighted by molar-refractivity contribution is 0.0531. The Hall–Kier alpha value is -2.21. The van der Waals surface area contributed by atoms with Gasteiger partial charge in [0.2, 0.25) is 0 Å². The van der Waals surface area contributed by atoms with Gasteiger partial charge in [-0.05, 0) is 39.8 Å². The molecule has 3 rings (SSSR count). The molecule has 8 nitrogen and oxygen atoms in total. The van der Waals surface area contributed by atoms with Crippen LogP contribution in [0.1, 0.15) is 46.1 Å². The van der Waals surface area contributed by atoms with Gasteiger partial charge in [-0.15, -0.1) is 35.3 Å². The number of nitrogens with zero attached hydrogens (tertiary/aromatic N) is 4. The number of aromatic nitrogens is 3. The normalized spacial score (nSPS) is 12.4. The van der Waals surface area contributed by atoms with Gasteiger partial charge in [-0.2, -0.15) is 0 Å². The zero-order chi connectivity index (χ0) is 21.7. The van der Waals surface area contributed by atoms with Gasteiger partial charge < -0.3 is 19.9 Å². The molecule has 0 aliphatic heterocycles. The first-order chi connectivity index (χ1) is 14.4. The predicted octanol–water partition coefficient (Wildman–Crippen LogP) is 3.83. The molecule has 0 saturated heterocycles. The first-order valence-corrected chi connectivity index (χ1v) is 10.8. The number of carbonyl (C=O) groups excluding carboxylic acids is 1. The minimum atomic E-state index is -0.323. The Morgan fingerprint density at radius 3 is 2.74 bits per heavy atom. The third-order valence-electron chi connectivity index (χ3n) is 4.69. The first-order valence-electron chi connectivity index (χ1n) is 9.98. The van der Waals surface area contributed by atoms with Gasteiger partial charge >= 0.3 is 5.97 Å². The monoisotopic (exact) mass is 556 g/mol. The zero-order valence-corrected chi connectivity index (χ0v) is 21.6. The number of para-hydroxylation sites is 2. The fraction of sp³-hybridized carbons (Fsp3) is 0.429. The van der Waals surface area contributed by atoms with E-state index >= 15 is 0 Å². The summed E-state index contributed by atoms with van der Waals surface area (Å²) in [6, 6.07) is 8.03. The lowest BCUT2D eigenvalue weighted by Gasteiger charge is -2.17. The summed E-state index contributed by atoms with van der Waals surface area (Å²) in [6.45, 7) is 9.44. The summed E-state index contributed by atoms with van der Waals surface area (Å²) in [7, 11) is 1.73. The molecule has 0 aliphatic rings. The van der Waals surface area contributed by atoms with Crippen molar-refractivity contribution < 1.29 is 9.53 Å². The molecule has 31 heavy (non-hydrogen) atoms. The van der Waals surface area contributed by atoms with Crippen LogP contribution in [0.5, 0.6) is 0 Å². The number of fused-ring (bicyclic) bond motifs is 1. The molecule has 2 N–H and O–H groups in total. The molecule has 0 amide bonds. The number of guanidine groups is 1. The van der Waals surface area contributed by atoms with Gasteiger partial charge in [-0.25, -0.2) is 14.8 Å². The quantitative estimate of drug-likeness (QED) is 0.199. The second kappa shape index (κ2) is 11.4. The molecule has 10 heteroatoms. The van der Waals surface area contributed by atoms with Crippen LogP contribution in [0.3, 0.4) is 0 Å². The lowest BCUT2D eigenvalue weighted by atomic mass is 10.3. The summed E-state index contributed by atoms with van der Waals surface area (Å²) < 4.78 is 7.29. The van der Waals surface area contributed by atoms with Crippen LogP contribution in [-0.2, 0) is 11.3 Å². The van der Waals surface area contributed by atoms with Crippen molar-refractivity contribution in [1.82, 2.24) is 25.2 Å². The molecule has 2 heterocycles. The second-order valence-corrected chi connectivity index (χ2v) is 7.88. The van der Waals surface area contributed by atoms with E-state index < -0.39 is 0 Å². The number of rotatable bonds is 7. The number of aryl methyl sites for hydroxylation is 2. The number of hydrogen-bond acceptors (Lipinski definition) is 6. The molecule has 168 valence electrons. The van der Waals surface area contributed by atoms with Crippen LogP contribution in [0, 0.1) is 13.8 Å². The van der Waals surface area contributed by atoms with Crippen molar-refractivity contribution in [3.05, 3.63) is 45.7 Å². The first kappa shape index (κ1) is 25.1. The van der Waals surface area contributed by atoms with E-state index in [0.717, 1.165) is 28.4 Å². The Bertz CT molecular complexity index is 1060. The number of imidazole rings is 1. The minimum Gasteiger partial charge on any atom is -0.462 e. The number of ether oxygens (including phenoxy) is 1. The third-order valence-corrected chi connectivity index (χ3v) is 6.01. The van der Waals surface area contributed by atoms with Crippen LogP contribution in [0.15, 0.2) is 29.3 Å². The number of esters is 1. The van der Waals surface area contributed by atoms with Crippen LogP contribution in [0.4, 0.5) is 0 Å². The van der Waals surface area contributed by atoms with E-state index in [0.29, 0.717) is 29.7 Å². The van der Waals surface area contributed by atoms with E-state index in [9.17, 15) is 4.79 Å². The topological polar surface area (TPSA) is 93.4 Å².